The van der Waals surface area contributed by atoms with Gasteiger partial charge in [-0.2, -0.15) is 0 Å². The summed E-state index contributed by atoms with van der Waals surface area (Å²) in [6.07, 6.45) is 1.92. The smallest absolute Gasteiger partial charge is 0.254 e. The fourth-order valence-electron chi connectivity index (χ4n) is 6.70. The van der Waals surface area contributed by atoms with E-state index in [-0.39, 0.29) is 30.0 Å². The van der Waals surface area contributed by atoms with Crippen LogP contribution < -0.4 is 4.90 Å². The van der Waals surface area contributed by atoms with Gasteiger partial charge in [-0.1, -0.05) is 55.1 Å². The lowest BCUT2D eigenvalue weighted by molar-refractivity contribution is -0.138. The van der Waals surface area contributed by atoms with E-state index in [0.29, 0.717) is 26.3 Å². The summed E-state index contributed by atoms with van der Waals surface area (Å²) in [5, 5.41) is 11.4. The van der Waals surface area contributed by atoms with Crippen LogP contribution in [-0.4, -0.2) is 48.8 Å². The van der Waals surface area contributed by atoms with Crippen molar-refractivity contribution in [3.05, 3.63) is 69.2 Å². The topological polar surface area (TPSA) is 95.0 Å². The third-order valence-corrected chi connectivity index (χ3v) is 11.1. The van der Waals surface area contributed by atoms with Crippen LogP contribution >= 0.6 is 66.7 Å². The Kier molecular flexibility index (Phi) is 6.51. The molecule has 12 heteroatoms. The molecular formula is C27H19Br2Cl3N2O5. The van der Waals surface area contributed by atoms with Crippen LogP contribution in [0.3, 0.4) is 0 Å². The number of benzene rings is 2. The van der Waals surface area contributed by atoms with Crippen molar-refractivity contribution in [3.63, 3.8) is 0 Å². The van der Waals surface area contributed by atoms with Crippen LogP contribution in [0.15, 0.2) is 58.6 Å². The highest BCUT2D eigenvalue weighted by molar-refractivity contribution is 9.10. The van der Waals surface area contributed by atoms with Gasteiger partial charge >= 0.3 is 0 Å². The first-order valence-electron chi connectivity index (χ1n) is 12.1. The number of phenols is 1. The number of likely N-dealkylation sites (tertiary alicyclic amines) is 1. The summed E-state index contributed by atoms with van der Waals surface area (Å²) in [4.78, 5) is 53.1. The summed E-state index contributed by atoms with van der Waals surface area (Å²) in [5.74, 6) is -5.52. The first kappa shape index (κ1) is 27.3. The van der Waals surface area contributed by atoms with Crippen molar-refractivity contribution in [3.8, 4) is 5.75 Å². The van der Waals surface area contributed by atoms with Gasteiger partial charge in [0.15, 0.2) is 9.75 Å². The van der Waals surface area contributed by atoms with E-state index in [1.54, 1.807) is 36.4 Å². The minimum Gasteiger partial charge on any atom is -0.508 e. The molecule has 1 saturated carbocycles. The Bertz CT molecular complexity index is 1500. The molecule has 2 saturated heterocycles. The maximum atomic E-state index is 13.9. The number of nitrogens with zero attached hydrogens (tertiary/aromatic N) is 2. The monoisotopic (exact) mass is 714 g/mol. The van der Waals surface area contributed by atoms with Gasteiger partial charge in [-0.05, 0) is 61.2 Å². The zero-order valence-electron chi connectivity index (χ0n) is 19.9. The largest absolute Gasteiger partial charge is 0.508 e. The van der Waals surface area contributed by atoms with Crippen LogP contribution in [0.25, 0.3) is 0 Å². The lowest BCUT2D eigenvalue weighted by Gasteiger charge is -2.50. The van der Waals surface area contributed by atoms with Crippen LogP contribution in [0.4, 0.5) is 5.69 Å². The molecule has 0 bridgehead atoms. The standard InChI is InChI=1S/C27H19Br2Cl3N2O5/c28-11-33-24(38)26(31)10-18-15(21(27(26,32)25(33)39)17-9-12(29)1-8-19(17)35)6-7-16-20(18)23(37)34(22(16)36)14-4-2-13(30)3-5-14/h1-6,8-9,16,18,20-21,35H,7,10-11H2/t16-,18+,20-,21+,26+,27-/m0/s1. The second kappa shape index (κ2) is 9.31. The van der Waals surface area contributed by atoms with Crippen molar-refractivity contribution in [1.82, 2.24) is 4.90 Å². The highest BCUT2D eigenvalue weighted by Crippen LogP contribution is 2.66. The predicted octanol–water partition coefficient (Wildman–Crippen LogP) is 5.72. The number of fused-ring (bicyclic) bond motifs is 4. The number of carbonyl (C=O) groups is 4. The molecule has 2 aliphatic carbocycles. The van der Waals surface area contributed by atoms with E-state index in [4.69, 9.17) is 34.8 Å². The summed E-state index contributed by atoms with van der Waals surface area (Å²) in [6, 6.07) is 11.1. The molecule has 2 aromatic carbocycles. The third kappa shape index (κ3) is 3.59. The average Bonchev–Trinajstić information content (AvgIpc) is 3.24. The first-order valence-corrected chi connectivity index (χ1v) is 15.1. The number of hydrogen-bond acceptors (Lipinski definition) is 5. The zero-order valence-corrected chi connectivity index (χ0v) is 25.4. The van der Waals surface area contributed by atoms with Gasteiger partial charge in [-0.3, -0.25) is 29.0 Å². The summed E-state index contributed by atoms with van der Waals surface area (Å²) in [7, 11) is 0. The molecule has 3 fully saturated rings. The fraction of sp³-hybridized carbons (Fsp3) is 0.333. The molecule has 0 radical (unpaired) electrons. The maximum absolute atomic E-state index is 13.9. The molecule has 0 spiro atoms. The van der Waals surface area contributed by atoms with Crippen LogP contribution in [0.2, 0.25) is 5.02 Å². The second-order valence-electron chi connectivity index (χ2n) is 10.2. The summed E-state index contributed by atoms with van der Waals surface area (Å²) >= 11 is 27.0. The number of phenolic OH excluding ortho intramolecular Hbond substituents is 1. The maximum Gasteiger partial charge on any atom is 0.254 e. The van der Waals surface area contributed by atoms with Gasteiger partial charge in [-0.15, -0.1) is 23.2 Å². The van der Waals surface area contributed by atoms with E-state index in [0.717, 1.165) is 9.80 Å². The number of anilines is 1. The minimum absolute atomic E-state index is 0.123. The Morgan fingerprint density at radius 3 is 2.33 bits per heavy atom. The minimum atomic E-state index is -1.98. The molecular weight excluding hydrogens is 698 g/mol. The molecule has 0 unspecified atom stereocenters. The van der Waals surface area contributed by atoms with Crippen LogP contribution in [-0.2, 0) is 19.2 Å². The van der Waals surface area contributed by atoms with E-state index in [2.05, 4.69) is 31.9 Å². The number of rotatable bonds is 3. The molecule has 4 amide bonds. The Morgan fingerprint density at radius 2 is 1.67 bits per heavy atom. The SMILES string of the molecule is O=C1[C@H]2[C@H](CC=C3[C@H]2C[C@@]2(Cl)C(=O)N(CBr)C(=O)[C@@]2(Cl)[C@H]3c2cc(Br)ccc2O)C(=O)N1c1ccc(Cl)cc1. The Hall–Kier alpha value is -1.91. The number of imide groups is 2. The number of aromatic hydroxyl groups is 1. The Morgan fingerprint density at radius 1 is 0.974 bits per heavy atom. The number of carbonyl (C=O) groups excluding carboxylic acids is 4. The summed E-state index contributed by atoms with van der Waals surface area (Å²) in [5.41, 5.74) is 1.17. The lowest BCUT2D eigenvalue weighted by atomic mass is 9.56. The van der Waals surface area contributed by atoms with E-state index in [9.17, 15) is 24.3 Å². The van der Waals surface area contributed by atoms with Crippen molar-refractivity contribution in [2.45, 2.75) is 28.5 Å². The molecule has 6 rings (SSSR count). The predicted molar refractivity (Wildman–Crippen MR) is 153 cm³/mol. The molecule has 6 atom stereocenters. The highest BCUT2D eigenvalue weighted by atomic mass is 79.9. The molecule has 2 heterocycles. The van der Waals surface area contributed by atoms with Crippen LogP contribution in [0.5, 0.6) is 5.75 Å². The van der Waals surface area contributed by atoms with Gasteiger partial charge in [0, 0.05) is 21.0 Å². The molecule has 202 valence electrons. The summed E-state index contributed by atoms with van der Waals surface area (Å²) in [6.45, 7) is 0. The lowest BCUT2D eigenvalue weighted by Crippen LogP contribution is -2.60. The van der Waals surface area contributed by atoms with Gasteiger partial charge in [0.2, 0.25) is 11.8 Å². The van der Waals surface area contributed by atoms with Crippen molar-refractivity contribution in [1.29, 1.82) is 0 Å². The second-order valence-corrected chi connectivity index (χ2v) is 13.3. The molecule has 2 aromatic rings. The molecule has 7 nitrogen and oxygen atoms in total. The first-order chi connectivity index (χ1) is 18.5. The van der Waals surface area contributed by atoms with Crippen LogP contribution in [0, 0.1) is 17.8 Å². The Labute approximate surface area is 255 Å². The van der Waals surface area contributed by atoms with Gasteiger partial charge in [0.05, 0.1) is 23.0 Å². The quantitative estimate of drug-likeness (QED) is 0.190. The molecule has 0 aromatic heterocycles. The number of halogens is 5. The Balaban J connectivity index is 1.53. The molecule has 2 aliphatic heterocycles. The summed E-state index contributed by atoms with van der Waals surface area (Å²) < 4.78 is 0.613. The fourth-order valence-corrected chi connectivity index (χ4v) is 8.62. The van der Waals surface area contributed by atoms with E-state index in [1.807, 2.05) is 6.08 Å². The number of amides is 4. The van der Waals surface area contributed by atoms with E-state index in [1.165, 1.54) is 6.07 Å². The number of allylic oxidation sites excluding steroid dienone is 2. The van der Waals surface area contributed by atoms with Crippen molar-refractivity contribution >= 4 is 96.0 Å². The van der Waals surface area contributed by atoms with Crippen molar-refractivity contribution < 1.29 is 24.3 Å². The molecule has 4 aliphatic rings. The third-order valence-electron chi connectivity index (χ3n) is 8.40. The average molecular weight is 718 g/mol. The van der Waals surface area contributed by atoms with Gasteiger partial charge in [0.1, 0.15) is 5.75 Å². The van der Waals surface area contributed by atoms with Crippen molar-refractivity contribution in [2.24, 2.45) is 17.8 Å². The molecule has 1 N–H and O–H groups in total. The van der Waals surface area contributed by atoms with E-state index < -0.39 is 51.1 Å². The van der Waals surface area contributed by atoms with Crippen molar-refractivity contribution in [2.75, 3.05) is 10.4 Å². The highest BCUT2D eigenvalue weighted by Gasteiger charge is 2.76. The van der Waals surface area contributed by atoms with Gasteiger partial charge in [0.25, 0.3) is 11.8 Å². The van der Waals surface area contributed by atoms with E-state index >= 15 is 0 Å². The van der Waals surface area contributed by atoms with Gasteiger partial charge in [-0.25, -0.2) is 0 Å². The van der Waals surface area contributed by atoms with Crippen LogP contribution in [0.1, 0.15) is 24.3 Å². The number of alkyl halides is 3. The molecule has 39 heavy (non-hydrogen) atoms. The zero-order chi connectivity index (χ0) is 28.0. The van der Waals surface area contributed by atoms with Gasteiger partial charge < -0.3 is 5.11 Å². The number of hydrogen-bond donors (Lipinski definition) is 1. The normalized spacial score (nSPS) is 33.7.